The van der Waals surface area contributed by atoms with E-state index in [0.29, 0.717) is 31.1 Å². The number of carbonyl (C=O) groups excluding carboxylic acids is 1. The van der Waals surface area contributed by atoms with Gasteiger partial charge in [0.2, 0.25) is 5.91 Å². The van der Waals surface area contributed by atoms with Crippen molar-refractivity contribution < 1.29 is 4.79 Å². The van der Waals surface area contributed by atoms with Crippen molar-refractivity contribution in [3.05, 3.63) is 41.7 Å². The van der Waals surface area contributed by atoms with Crippen molar-refractivity contribution in [2.45, 2.75) is 57.7 Å². The number of aromatic nitrogens is 3. The minimum atomic E-state index is 0.302. The zero-order valence-corrected chi connectivity index (χ0v) is 15.9. The van der Waals surface area contributed by atoms with Gasteiger partial charge in [0, 0.05) is 31.6 Å². The Kier molecular flexibility index (Phi) is 4.23. The van der Waals surface area contributed by atoms with Gasteiger partial charge in [0.15, 0.2) is 0 Å². The predicted molar refractivity (Wildman–Crippen MR) is 102 cm³/mol. The Bertz CT molecular complexity index is 824. The van der Waals surface area contributed by atoms with Crippen LogP contribution in [0.4, 0.5) is 0 Å². The van der Waals surface area contributed by atoms with Crippen molar-refractivity contribution in [1.29, 1.82) is 0 Å². The fraction of sp³-hybridized carbons (Fsp3) is 0.571. The normalized spacial score (nSPS) is 20.9. The highest BCUT2D eigenvalue weighted by Gasteiger charge is 2.42. The van der Waals surface area contributed by atoms with E-state index in [-0.39, 0.29) is 0 Å². The molecule has 0 N–H and O–H groups in total. The molecule has 2 fully saturated rings. The second kappa shape index (κ2) is 6.75. The molecule has 0 saturated heterocycles. The van der Waals surface area contributed by atoms with Gasteiger partial charge in [-0.15, -0.1) is 5.10 Å². The number of hydrogen-bond donors (Lipinski definition) is 0. The fourth-order valence-electron chi connectivity index (χ4n) is 4.37. The maximum atomic E-state index is 13.0. The first-order valence-electron chi connectivity index (χ1n) is 10.2. The van der Waals surface area contributed by atoms with Gasteiger partial charge in [0.25, 0.3) is 0 Å². The Morgan fingerprint density at radius 1 is 1.22 bits per heavy atom. The third kappa shape index (κ3) is 3.38. The van der Waals surface area contributed by atoms with E-state index < -0.39 is 0 Å². The van der Waals surface area contributed by atoms with Crippen LogP contribution in [0, 0.1) is 5.92 Å². The van der Waals surface area contributed by atoms with Crippen LogP contribution in [-0.4, -0.2) is 55.9 Å². The second-order valence-electron chi connectivity index (χ2n) is 8.30. The number of benzene rings is 1. The van der Waals surface area contributed by atoms with Crippen LogP contribution in [0.1, 0.15) is 44.0 Å². The van der Waals surface area contributed by atoms with Gasteiger partial charge >= 0.3 is 0 Å². The average Bonchev–Trinajstić information content (AvgIpc) is 3.60. The molecule has 3 aliphatic rings. The maximum Gasteiger partial charge on any atom is 0.237 e. The van der Waals surface area contributed by atoms with Gasteiger partial charge in [-0.25, -0.2) is 4.68 Å². The summed E-state index contributed by atoms with van der Waals surface area (Å²) in [6, 6.07) is 11.1. The zero-order chi connectivity index (χ0) is 18.4. The summed E-state index contributed by atoms with van der Waals surface area (Å²) in [5, 5.41) is 8.76. The largest absolute Gasteiger partial charge is 0.336 e. The monoisotopic (exact) mass is 365 g/mol. The highest BCUT2D eigenvalue weighted by Crippen LogP contribution is 2.39. The number of carbonyl (C=O) groups is 1. The lowest BCUT2D eigenvalue weighted by atomic mass is 10.1. The van der Waals surface area contributed by atoms with Gasteiger partial charge in [-0.3, -0.25) is 9.69 Å². The molecule has 1 aliphatic heterocycles. The van der Waals surface area contributed by atoms with Gasteiger partial charge in [0.05, 0.1) is 17.9 Å². The molecule has 1 aromatic heterocycles. The molecule has 1 aromatic carbocycles. The smallest absolute Gasteiger partial charge is 0.237 e. The van der Waals surface area contributed by atoms with Crippen LogP contribution in [0.25, 0.3) is 5.69 Å². The molecule has 2 aromatic rings. The molecule has 1 unspecified atom stereocenters. The molecule has 0 bridgehead atoms. The third-order valence-electron chi connectivity index (χ3n) is 6.21. The molecule has 6 nitrogen and oxygen atoms in total. The average molecular weight is 365 g/mol. The lowest BCUT2D eigenvalue weighted by Gasteiger charge is -2.33. The van der Waals surface area contributed by atoms with Crippen LogP contribution in [0.5, 0.6) is 0 Å². The van der Waals surface area contributed by atoms with Crippen molar-refractivity contribution in [2.24, 2.45) is 5.92 Å². The highest BCUT2D eigenvalue weighted by atomic mass is 16.2. The Morgan fingerprint density at radius 3 is 2.70 bits per heavy atom. The minimum Gasteiger partial charge on any atom is -0.336 e. The number of amides is 1. The molecule has 2 aliphatic carbocycles. The van der Waals surface area contributed by atoms with Gasteiger partial charge in [-0.2, -0.15) is 0 Å². The van der Waals surface area contributed by atoms with E-state index in [9.17, 15) is 4.79 Å². The van der Waals surface area contributed by atoms with Crippen LogP contribution in [-0.2, 0) is 17.8 Å². The van der Waals surface area contributed by atoms with Crippen molar-refractivity contribution in [1.82, 2.24) is 24.8 Å². The third-order valence-corrected chi connectivity index (χ3v) is 6.21. The van der Waals surface area contributed by atoms with E-state index in [1.165, 1.54) is 31.4 Å². The van der Waals surface area contributed by atoms with Crippen LogP contribution >= 0.6 is 0 Å². The summed E-state index contributed by atoms with van der Waals surface area (Å²) in [5.41, 5.74) is 3.23. The Balaban J connectivity index is 1.27. The quantitative estimate of drug-likeness (QED) is 0.789. The lowest BCUT2D eigenvalue weighted by Crippen LogP contribution is -2.47. The molecular weight excluding hydrogens is 338 g/mol. The summed E-state index contributed by atoms with van der Waals surface area (Å²) in [6.07, 6.45) is 5.81. The number of para-hydroxylation sites is 1. The second-order valence-corrected chi connectivity index (χ2v) is 8.30. The van der Waals surface area contributed by atoms with Gasteiger partial charge < -0.3 is 4.90 Å². The number of nitrogens with zero attached hydrogens (tertiary/aromatic N) is 5. The fourth-order valence-corrected chi connectivity index (χ4v) is 4.37. The molecular formula is C21H27N5O. The molecule has 2 saturated carbocycles. The highest BCUT2D eigenvalue weighted by molar-refractivity contribution is 5.79. The van der Waals surface area contributed by atoms with Crippen LogP contribution in [0.3, 0.4) is 0 Å². The minimum absolute atomic E-state index is 0.302. The summed E-state index contributed by atoms with van der Waals surface area (Å²) >= 11 is 0. The zero-order valence-electron chi connectivity index (χ0n) is 15.9. The van der Waals surface area contributed by atoms with Crippen molar-refractivity contribution in [3.8, 4) is 5.69 Å². The Hall–Kier alpha value is -2.21. The van der Waals surface area contributed by atoms with Crippen LogP contribution in [0.15, 0.2) is 30.3 Å². The molecule has 27 heavy (non-hydrogen) atoms. The lowest BCUT2D eigenvalue weighted by molar-refractivity contribution is -0.135. The van der Waals surface area contributed by atoms with Crippen molar-refractivity contribution in [2.75, 3.05) is 13.1 Å². The number of rotatable bonds is 6. The molecule has 5 rings (SSSR count). The summed E-state index contributed by atoms with van der Waals surface area (Å²) in [6.45, 7) is 4.35. The Labute approximate surface area is 160 Å². The maximum absolute atomic E-state index is 13.0. The first kappa shape index (κ1) is 16.9. The van der Waals surface area contributed by atoms with Gasteiger partial charge in [-0.1, -0.05) is 23.4 Å². The van der Waals surface area contributed by atoms with E-state index in [0.717, 1.165) is 30.3 Å². The van der Waals surface area contributed by atoms with E-state index in [2.05, 4.69) is 39.2 Å². The molecule has 6 heteroatoms. The topological polar surface area (TPSA) is 54.3 Å². The predicted octanol–water partition coefficient (Wildman–Crippen LogP) is 2.41. The summed E-state index contributed by atoms with van der Waals surface area (Å²) in [4.78, 5) is 17.5. The molecule has 0 spiro atoms. The number of fused-ring (bicyclic) bond motifs is 1. The van der Waals surface area contributed by atoms with Crippen LogP contribution in [0.2, 0.25) is 0 Å². The number of hydrogen-bond acceptors (Lipinski definition) is 4. The standard InChI is InChI=1S/C21H27N5O/c1-15(16-7-8-16)25(17-9-10-17)21(27)14-24-12-11-20-19(13-24)22-23-26(20)18-5-3-2-4-6-18/h2-6,15-17H,7-14H2,1H3. The first-order valence-corrected chi connectivity index (χ1v) is 10.2. The van der Waals surface area contributed by atoms with Crippen LogP contribution < -0.4 is 0 Å². The molecule has 142 valence electrons. The van der Waals surface area contributed by atoms with Gasteiger partial charge in [0.1, 0.15) is 5.69 Å². The molecule has 0 radical (unpaired) electrons. The molecule has 1 atom stereocenters. The van der Waals surface area contributed by atoms with Crippen molar-refractivity contribution in [3.63, 3.8) is 0 Å². The van der Waals surface area contributed by atoms with E-state index in [4.69, 9.17) is 0 Å². The Morgan fingerprint density at radius 2 is 2.00 bits per heavy atom. The summed E-state index contributed by atoms with van der Waals surface area (Å²) in [5.74, 6) is 1.03. The van der Waals surface area contributed by atoms with E-state index in [1.807, 2.05) is 22.9 Å². The summed E-state index contributed by atoms with van der Waals surface area (Å²) in [7, 11) is 0. The molecule has 1 amide bonds. The van der Waals surface area contributed by atoms with E-state index >= 15 is 0 Å². The first-order chi connectivity index (χ1) is 13.2. The molecule has 2 heterocycles. The van der Waals surface area contributed by atoms with Gasteiger partial charge in [-0.05, 0) is 50.7 Å². The summed E-state index contributed by atoms with van der Waals surface area (Å²) < 4.78 is 1.94. The SMILES string of the molecule is CC(C1CC1)N(C(=O)CN1CCc2c(nnn2-c2ccccc2)C1)C1CC1. The van der Waals surface area contributed by atoms with E-state index in [1.54, 1.807) is 0 Å². The van der Waals surface area contributed by atoms with Crippen molar-refractivity contribution >= 4 is 5.91 Å².